The van der Waals surface area contributed by atoms with Crippen LogP contribution in [0, 0.1) is 5.82 Å². The number of benzene rings is 2. The molecule has 0 aliphatic carbocycles. The number of aromatic nitrogens is 1. The molecule has 1 aliphatic heterocycles. The number of hydrogen-bond donors (Lipinski definition) is 1. The van der Waals surface area contributed by atoms with Crippen LogP contribution in [0.3, 0.4) is 0 Å². The fourth-order valence-corrected chi connectivity index (χ4v) is 3.24. The van der Waals surface area contributed by atoms with E-state index in [9.17, 15) is 9.18 Å². The molecular formula is C19H16FN3O. The van der Waals surface area contributed by atoms with Crippen molar-refractivity contribution in [3.63, 3.8) is 0 Å². The standard InChI is InChI=1S/C19H16FN3O/c20-17-9-12-5-6-22-10-14(12)8-16(17)19(24)23-11-15(21)7-13-3-1-2-4-18(13)23/h1-6,8-10,15H,7,11,21H2. The zero-order valence-corrected chi connectivity index (χ0v) is 12.9. The van der Waals surface area contributed by atoms with Crippen molar-refractivity contribution >= 4 is 22.4 Å². The van der Waals surface area contributed by atoms with Crippen molar-refractivity contribution in [1.29, 1.82) is 0 Å². The maximum absolute atomic E-state index is 14.5. The number of pyridine rings is 1. The molecule has 4 nitrogen and oxygen atoms in total. The van der Waals surface area contributed by atoms with Crippen LogP contribution in [0.1, 0.15) is 15.9 Å². The number of halogens is 1. The summed E-state index contributed by atoms with van der Waals surface area (Å²) in [6.45, 7) is 0.375. The summed E-state index contributed by atoms with van der Waals surface area (Å²) in [4.78, 5) is 18.6. The molecule has 0 saturated carbocycles. The molecule has 0 radical (unpaired) electrons. The van der Waals surface area contributed by atoms with Gasteiger partial charge in [0.1, 0.15) is 5.82 Å². The van der Waals surface area contributed by atoms with Gasteiger partial charge in [-0.1, -0.05) is 18.2 Å². The van der Waals surface area contributed by atoms with E-state index in [-0.39, 0.29) is 17.5 Å². The number of hydrogen-bond acceptors (Lipinski definition) is 3. The minimum atomic E-state index is -0.532. The van der Waals surface area contributed by atoms with Crippen LogP contribution in [0.15, 0.2) is 54.9 Å². The molecule has 0 fully saturated rings. The number of rotatable bonds is 1. The van der Waals surface area contributed by atoms with Gasteiger partial charge in [0.15, 0.2) is 0 Å². The Bertz CT molecular complexity index is 941. The van der Waals surface area contributed by atoms with Crippen molar-refractivity contribution in [2.45, 2.75) is 12.5 Å². The summed E-state index contributed by atoms with van der Waals surface area (Å²) in [5.41, 5.74) is 7.94. The summed E-state index contributed by atoms with van der Waals surface area (Å²) in [6.07, 6.45) is 3.94. The minimum Gasteiger partial charge on any atom is -0.326 e. The fourth-order valence-electron chi connectivity index (χ4n) is 3.24. The lowest BCUT2D eigenvalue weighted by molar-refractivity contribution is 0.0979. The van der Waals surface area contributed by atoms with Gasteiger partial charge in [-0.2, -0.15) is 0 Å². The first-order chi connectivity index (χ1) is 11.6. The van der Waals surface area contributed by atoms with Crippen LogP contribution in [0.5, 0.6) is 0 Å². The Labute approximate surface area is 138 Å². The van der Waals surface area contributed by atoms with Gasteiger partial charge < -0.3 is 10.6 Å². The number of carbonyl (C=O) groups excluding carboxylic acids is 1. The second-order valence-electron chi connectivity index (χ2n) is 6.06. The lowest BCUT2D eigenvalue weighted by Crippen LogP contribution is -2.46. The molecule has 1 aromatic heterocycles. The van der Waals surface area contributed by atoms with Crippen LogP contribution in [-0.2, 0) is 6.42 Å². The molecule has 3 aromatic rings. The van der Waals surface area contributed by atoms with E-state index >= 15 is 0 Å². The summed E-state index contributed by atoms with van der Waals surface area (Å²) in [6, 6.07) is 12.1. The third kappa shape index (κ3) is 2.43. The SMILES string of the molecule is NC1Cc2ccccc2N(C(=O)c2cc3cnccc3cc2F)C1. The first-order valence-electron chi connectivity index (χ1n) is 7.82. The number of para-hydroxylation sites is 1. The van der Waals surface area contributed by atoms with Gasteiger partial charge in [-0.15, -0.1) is 0 Å². The second-order valence-corrected chi connectivity index (χ2v) is 6.06. The van der Waals surface area contributed by atoms with Gasteiger partial charge in [-0.3, -0.25) is 9.78 Å². The molecule has 120 valence electrons. The quantitative estimate of drug-likeness (QED) is 0.750. The highest BCUT2D eigenvalue weighted by Gasteiger charge is 2.28. The van der Waals surface area contributed by atoms with Crippen molar-refractivity contribution in [2.75, 3.05) is 11.4 Å². The maximum Gasteiger partial charge on any atom is 0.261 e. The number of nitrogens with zero attached hydrogens (tertiary/aromatic N) is 2. The third-order valence-electron chi connectivity index (χ3n) is 4.38. The molecule has 2 heterocycles. The average Bonchev–Trinajstić information content (AvgIpc) is 2.59. The van der Waals surface area contributed by atoms with Crippen molar-refractivity contribution < 1.29 is 9.18 Å². The number of amides is 1. The molecule has 4 rings (SSSR count). The minimum absolute atomic E-state index is 0.0411. The van der Waals surface area contributed by atoms with Crippen molar-refractivity contribution in [1.82, 2.24) is 4.98 Å². The van der Waals surface area contributed by atoms with E-state index in [1.165, 1.54) is 6.07 Å². The van der Waals surface area contributed by atoms with Crippen molar-refractivity contribution in [3.8, 4) is 0 Å². The molecule has 0 bridgehead atoms. The molecule has 2 N–H and O–H groups in total. The van der Waals surface area contributed by atoms with Gasteiger partial charge in [0.2, 0.25) is 0 Å². The molecule has 1 amide bonds. The Morgan fingerprint density at radius 2 is 2.04 bits per heavy atom. The highest BCUT2D eigenvalue weighted by atomic mass is 19.1. The predicted molar refractivity (Wildman–Crippen MR) is 91.5 cm³/mol. The zero-order chi connectivity index (χ0) is 16.7. The van der Waals surface area contributed by atoms with E-state index < -0.39 is 5.82 Å². The molecule has 1 aliphatic rings. The van der Waals surface area contributed by atoms with Crippen LogP contribution in [0.25, 0.3) is 10.8 Å². The fraction of sp³-hybridized carbons (Fsp3) is 0.158. The van der Waals surface area contributed by atoms with Crippen LogP contribution >= 0.6 is 0 Å². The number of carbonyl (C=O) groups is 1. The zero-order valence-electron chi connectivity index (χ0n) is 12.9. The number of anilines is 1. The molecule has 5 heteroatoms. The summed E-state index contributed by atoms with van der Waals surface area (Å²) in [5, 5.41) is 1.45. The maximum atomic E-state index is 14.5. The molecule has 2 aromatic carbocycles. The molecular weight excluding hydrogens is 305 g/mol. The first-order valence-corrected chi connectivity index (χ1v) is 7.82. The summed E-state index contributed by atoms with van der Waals surface area (Å²) in [7, 11) is 0. The molecule has 1 atom stereocenters. The molecule has 0 spiro atoms. The molecule has 1 unspecified atom stereocenters. The van der Waals surface area contributed by atoms with Crippen molar-refractivity contribution in [3.05, 3.63) is 71.8 Å². The number of nitrogens with two attached hydrogens (primary N) is 1. The van der Waals surface area contributed by atoms with E-state index in [0.29, 0.717) is 13.0 Å². The van der Waals surface area contributed by atoms with Gasteiger partial charge in [-0.25, -0.2) is 4.39 Å². The largest absolute Gasteiger partial charge is 0.326 e. The smallest absolute Gasteiger partial charge is 0.261 e. The second kappa shape index (κ2) is 5.69. The third-order valence-corrected chi connectivity index (χ3v) is 4.38. The summed E-state index contributed by atoms with van der Waals surface area (Å²) < 4.78 is 14.5. The molecule has 0 saturated heterocycles. The Morgan fingerprint density at radius 1 is 1.21 bits per heavy atom. The Balaban J connectivity index is 1.80. The van der Waals surface area contributed by atoms with Gasteiger partial charge in [-0.05, 0) is 41.6 Å². The van der Waals surface area contributed by atoms with Crippen LogP contribution < -0.4 is 10.6 Å². The predicted octanol–water partition coefficient (Wildman–Crippen LogP) is 2.90. The van der Waals surface area contributed by atoms with E-state index in [0.717, 1.165) is 22.0 Å². The highest BCUT2D eigenvalue weighted by Crippen LogP contribution is 2.29. The van der Waals surface area contributed by atoms with Gasteiger partial charge in [0, 0.05) is 36.1 Å². The van der Waals surface area contributed by atoms with Gasteiger partial charge in [0.25, 0.3) is 5.91 Å². The Kier molecular flexibility index (Phi) is 3.50. The summed E-state index contributed by atoms with van der Waals surface area (Å²) in [5.74, 6) is -0.906. The highest BCUT2D eigenvalue weighted by molar-refractivity contribution is 6.08. The van der Waals surface area contributed by atoms with E-state index in [2.05, 4.69) is 4.98 Å². The molecule has 24 heavy (non-hydrogen) atoms. The van der Waals surface area contributed by atoms with Crippen molar-refractivity contribution in [2.24, 2.45) is 5.73 Å². The Morgan fingerprint density at radius 3 is 2.92 bits per heavy atom. The van der Waals surface area contributed by atoms with Crippen LogP contribution in [-0.4, -0.2) is 23.5 Å². The van der Waals surface area contributed by atoms with E-state index in [4.69, 9.17) is 5.73 Å². The van der Waals surface area contributed by atoms with Gasteiger partial charge >= 0.3 is 0 Å². The van der Waals surface area contributed by atoms with E-state index in [1.54, 1.807) is 29.4 Å². The lowest BCUT2D eigenvalue weighted by Gasteiger charge is -2.33. The van der Waals surface area contributed by atoms with Gasteiger partial charge in [0.05, 0.1) is 5.56 Å². The summed E-state index contributed by atoms with van der Waals surface area (Å²) >= 11 is 0. The topological polar surface area (TPSA) is 59.2 Å². The first kappa shape index (κ1) is 14.8. The number of fused-ring (bicyclic) bond motifs is 2. The monoisotopic (exact) mass is 321 g/mol. The Hall–Kier alpha value is -2.79. The van der Waals surface area contributed by atoms with Crippen LogP contribution in [0.4, 0.5) is 10.1 Å². The van der Waals surface area contributed by atoms with E-state index in [1.807, 2.05) is 24.3 Å². The average molecular weight is 321 g/mol. The normalized spacial score (nSPS) is 16.9. The lowest BCUT2D eigenvalue weighted by atomic mass is 9.97. The van der Waals surface area contributed by atoms with Crippen LogP contribution in [0.2, 0.25) is 0 Å².